The standard InChI is InChI=1S/C15H15ClN2O3S/c16-22(20,21)11-12-9-15(19)18(10-12)14-6-2-1-5-13(14)17-7-3-4-8-17/h1-8,12H,9-11H2. The maximum absolute atomic E-state index is 12.3. The van der Waals surface area contributed by atoms with Crippen molar-refractivity contribution in [3.63, 3.8) is 0 Å². The second kappa shape index (κ2) is 5.78. The number of aromatic nitrogens is 1. The molecule has 7 heteroatoms. The van der Waals surface area contributed by atoms with Gasteiger partial charge >= 0.3 is 0 Å². The lowest BCUT2D eigenvalue weighted by Crippen LogP contribution is -2.26. The van der Waals surface area contributed by atoms with Crippen LogP contribution in [0.25, 0.3) is 5.69 Å². The van der Waals surface area contributed by atoms with Gasteiger partial charge in [-0.25, -0.2) is 8.42 Å². The lowest BCUT2D eigenvalue weighted by Gasteiger charge is -2.20. The molecule has 0 aliphatic carbocycles. The van der Waals surface area contributed by atoms with Crippen molar-refractivity contribution in [2.75, 3.05) is 17.2 Å². The van der Waals surface area contributed by atoms with Gasteiger partial charge in [0.25, 0.3) is 0 Å². The van der Waals surface area contributed by atoms with Crippen LogP contribution in [-0.2, 0) is 13.8 Å². The van der Waals surface area contributed by atoms with Crippen LogP contribution in [0.2, 0.25) is 0 Å². The van der Waals surface area contributed by atoms with E-state index in [-0.39, 0.29) is 24.0 Å². The fourth-order valence-electron chi connectivity index (χ4n) is 2.81. The molecular weight excluding hydrogens is 324 g/mol. The molecule has 1 aromatic carbocycles. The first-order valence-corrected chi connectivity index (χ1v) is 9.37. The van der Waals surface area contributed by atoms with Crippen molar-refractivity contribution in [2.24, 2.45) is 5.92 Å². The highest BCUT2D eigenvalue weighted by atomic mass is 35.7. The number of para-hydroxylation sites is 2. The number of carbonyl (C=O) groups excluding carboxylic acids is 1. The van der Waals surface area contributed by atoms with Crippen LogP contribution in [0, 0.1) is 5.92 Å². The largest absolute Gasteiger partial charge is 0.322 e. The summed E-state index contributed by atoms with van der Waals surface area (Å²) in [6.07, 6.45) is 4.01. The second-order valence-corrected chi connectivity index (χ2v) is 8.18. The number of hydrogen-bond donors (Lipinski definition) is 0. The first-order valence-electron chi connectivity index (χ1n) is 6.89. The minimum Gasteiger partial charge on any atom is -0.322 e. The average Bonchev–Trinajstić information content (AvgIpc) is 3.07. The summed E-state index contributed by atoms with van der Waals surface area (Å²) in [5, 5.41) is 0. The van der Waals surface area contributed by atoms with Crippen LogP contribution in [0.15, 0.2) is 48.8 Å². The third-order valence-electron chi connectivity index (χ3n) is 3.70. The third kappa shape index (κ3) is 3.18. The monoisotopic (exact) mass is 338 g/mol. The Labute approximate surface area is 133 Å². The van der Waals surface area contributed by atoms with Gasteiger partial charge in [0.1, 0.15) is 0 Å². The van der Waals surface area contributed by atoms with Crippen LogP contribution in [0.4, 0.5) is 5.69 Å². The van der Waals surface area contributed by atoms with E-state index in [1.807, 2.05) is 53.4 Å². The Balaban J connectivity index is 1.91. The number of carbonyl (C=O) groups is 1. The summed E-state index contributed by atoms with van der Waals surface area (Å²) in [6.45, 7) is 0.364. The summed E-state index contributed by atoms with van der Waals surface area (Å²) in [6, 6.07) is 11.4. The Hall–Kier alpha value is -1.79. The zero-order valence-corrected chi connectivity index (χ0v) is 13.3. The van der Waals surface area contributed by atoms with Crippen LogP contribution in [-0.4, -0.2) is 31.2 Å². The zero-order chi connectivity index (χ0) is 15.7. The van der Waals surface area contributed by atoms with Crippen molar-refractivity contribution in [1.29, 1.82) is 0 Å². The van der Waals surface area contributed by atoms with Crippen LogP contribution < -0.4 is 4.90 Å². The van der Waals surface area contributed by atoms with Crippen molar-refractivity contribution in [3.05, 3.63) is 48.8 Å². The van der Waals surface area contributed by atoms with Gasteiger partial charge in [0.05, 0.1) is 17.1 Å². The fraction of sp³-hybridized carbons (Fsp3) is 0.267. The molecule has 2 heterocycles. The lowest BCUT2D eigenvalue weighted by atomic mass is 10.1. The number of nitrogens with zero attached hydrogens (tertiary/aromatic N) is 2. The van der Waals surface area contributed by atoms with Crippen LogP contribution >= 0.6 is 10.7 Å². The molecule has 1 fully saturated rings. The van der Waals surface area contributed by atoms with Crippen LogP contribution in [0.1, 0.15) is 6.42 Å². The molecule has 1 amide bonds. The van der Waals surface area contributed by atoms with Gasteiger partial charge in [0.2, 0.25) is 15.0 Å². The molecule has 2 aromatic rings. The number of anilines is 1. The molecule has 1 aliphatic heterocycles. The van der Waals surface area contributed by atoms with E-state index in [1.165, 1.54) is 0 Å². The van der Waals surface area contributed by atoms with Gasteiger partial charge in [-0.3, -0.25) is 4.79 Å². The highest BCUT2D eigenvalue weighted by molar-refractivity contribution is 8.13. The van der Waals surface area contributed by atoms with Crippen molar-refractivity contribution in [3.8, 4) is 5.69 Å². The molecule has 1 atom stereocenters. The normalized spacial score (nSPS) is 18.9. The highest BCUT2D eigenvalue weighted by Gasteiger charge is 2.34. The second-order valence-electron chi connectivity index (χ2n) is 5.36. The maximum atomic E-state index is 12.3. The van der Waals surface area contributed by atoms with E-state index in [0.29, 0.717) is 6.54 Å². The van der Waals surface area contributed by atoms with Crippen molar-refractivity contribution in [2.45, 2.75) is 6.42 Å². The molecule has 0 N–H and O–H groups in total. The molecule has 5 nitrogen and oxygen atoms in total. The molecule has 22 heavy (non-hydrogen) atoms. The van der Waals surface area contributed by atoms with Crippen molar-refractivity contribution in [1.82, 2.24) is 4.57 Å². The van der Waals surface area contributed by atoms with Gasteiger partial charge in [-0.1, -0.05) is 12.1 Å². The number of hydrogen-bond acceptors (Lipinski definition) is 3. The first kappa shape index (κ1) is 15.1. The smallest absolute Gasteiger partial charge is 0.232 e. The molecule has 0 radical (unpaired) electrons. The van der Waals surface area contributed by atoms with Gasteiger partial charge in [-0.15, -0.1) is 0 Å². The number of amides is 1. The molecular formula is C15H15ClN2O3S. The fourth-order valence-corrected chi connectivity index (χ4v) is 4.13. The highest BCUT2D eigenvalue weighted by Crippen LogP contribution is 2.31. The minimum atomic E-state index is -3.60. The van der Waals surface area contributed by atoms with Gasteiger partial charge in [-0.05, 0) is 24.3 Å². The van der Waals surface area contributed by atoms with E-state index in [0.717, 1.165) is 11.4 Å². The van der Waals surface area contributed by atoms with Gasteiger partial charge in [-0.2, -0.15) is 0 Å². The number of halogens is 1. The molecule has 1 saturated heterocycles. The molecule has 3 rings (SSSR count). The van der Waals surface area contributed by atoms with Crippen LogP contribution in [0.5, 0.6) is 0 Å². The summed E-state index contributed by atoms with van der Waals surface area (Å²) in [7, 11) is 1.70. The zero-order valence-electron chi connectivity index (χ0n) is 11.7. The molecule has 0 spiro atoms. The Kier molecular flexibility index (Phi) is 3.97. The predicted octanol–water partition coefficient (Wildman–Crippen LogP) is 2.40. The first-order chi connectivity index (χ1) is 10.4. The SMILES string of the molecule is O=C1CC(CS(=O)(=O)Cl)CN1c1ccccc1-n1cccc1. The van der Waals surface area contributed by atoms with E-state index < -0.39 is 9.05 Å². The van der Waals surface area contributed by atoms with E-state index in [9.17, 15) is 13.2 Å². The quantitative estimate of drug-likeness (QED) is 0.804. The topological polar surface area (TPSA) is 59.4 Å². The summed E-state index contributed by atoms with van der Waals surface area (Å²) < 4.78 is 24.4. The third-order valence-corrected chi connectivity index (χ3v) is 4.94. The lowest BCUT2D eigenvalue weighted by molar-refractivity contribution is -0.117. The van der Waals surface area contributed by atoms with Gasteiger partial charge in [0.15, 0.2) is 0 Å². The van der Waals surface area contributed by atoms with Crippen molar-refractivity contribution >= 4 is 31.3 Å². The minimum absolute atomic E-state index is 0.0788. The Morgan fingerprint density at radius 2 is 1.73 bits per heavy atom. The predicted molar refractivity (Wildman–Crippen MR) is 85.9 cm³/mol. The van der Waals surface area contributed by atoms with E-state index in [2.05, 4.69) is 0 Å². The van der Waals surface area contributed by atoms with Crippen LogP contribution in [0.3, 0.4) is 0 Å². The van der Waals surface area contributed by atoms with Gasteiger partial charge in [0, 0.05) is 42.0 Å². The van der Waals surface area contributed by atoms with E-state index in [1.54, 1.807) is 4.90 Å². The Bertz CT molecular complexity index is 787. The Morgan fingerprint density at radius 1 is 1.09 bits per heavy atom. The van der Waals surface area contributed by atoms with E-state index >= 15 is 0 Å². The summed E-state index contributed by atoms with van der Waals surface area (Å²) in [4.78, 5) is 13.9. The van der Waals surface area contributed by atoms with Gasteiger partial charge < -0.3 is 9.47 Å². The molecule has 0 saturated carbocycles. The molecule has 1 aliphatic rings. The number of benzene rings is 1. The molecule has 116 valence electrons. The van der Waals surface area contributed by atoms with E-state index in [4.69, 9.17) is 10.7 Å². The molecule has 0 bridgehead atoms. The van der Waals surface area contributed by atoms with Crippen molar-refractivity contribution < 1.29 is 13.2 Å². The molecule has 1 unspecified atom stereocenters. The molecule has 1 aromatic heterocycles. The Morgan fingerprint density at radius 3 is 2.36 bits per heavy atom. The average molecular weight is 339 g/mol. The summed E-state index contributed by atoms with van der Waals surface area (Å²) in [5.74, 6) is -0.527. The summed E-state index contributed by atoms with van der Waals surface area (Å²) in [5.41, 5.74) is 1.66. The number of rotatable bonds is 4. The maximum Gasteiger partial charge on any atom is 0.232 e. The summed E-state index contributed by atoms with van der Waals surface area (Å²) >= 11 is 0.